The normalized spacial score (nSPS) is 10.9. The summed E-state index contributed by atoms with van der Waals surface area (Å²) in [5.74, 6) is -1.29. The van der Waals surface area contributed by atoms with E-state index in [0.29, 0.717) is 30.0 Å². The Morgan fingerprint density at radius 1 is 1.29 bits per heavy atom. The van der Waals surface area contributed by atoms with E-state index in [4.69, 9.17) is 9.84 Å². The predicted octanol–water partition coefficient (Wildman–Crippen LogP) is 2.26. The molecule has 1 rings (SSSR count). The molecule has 0 saturated heterocycles. The monoisotopic (exact) mass is 296 g/mol. The Morgan fingerprint density at radius 3 is 2.48 bits per heavy atom. The molecule has 0 aromatic carbocycles. The first-order valence-corrected chi connectivity index (χ1v) is 7.16. The molecule has 6 nitrogen and oxygen atoms in total. The molecule has 0 saturated carbocycles. The van der Waals surface area contributed by atoms with Crippen molar-refractivity contribution < 1.29 is 19.4 Å². The first-order chi connectivity index (χ1) is 9.84. The Hall–Kier alpha value is -1.82. The van der Waals surface area contributed by atoms with E-state index in [2.05, 4.69) is 10.3 Å². The van der Waals surface area contributed by atoms with Crippen LogP contribution in [0.15, 0.2) is 0 Å². The second-order valence-electron chi connectivity index (χ2n) is 5.31. The number of carboxylic acids is 1. The van der Waals surface area contributed by atoms with Crippen molar-refractivity contribution in [2.75, 3.05) is 13.2 Å². The molecular formula is C15H24N2O4. The zero-order valence-corrected chi connectivity index (χ0v) is 13.1. The molecule has 1 aromatic rings. The fourth-order valence-electron chi connectivity index (χ4n) is 2.14. The van der Waals surface area contributed by atoms with E-state index in [9.17, 15) is 9.59 Å². The second-order valence-corrected chi connectivity index (χ2v) is 5.31. The second kappa shape index (κ2) is 7.83. The molecule has 1 amide bonds. The highest BCUT2D eigenvalue weighted by Crippen LogP contribution is 2.17. The standard InChI is InChI=1S/C15H24N2O4/c1-9(2)21-8-6-5-7-16-14(18)12-10(3)13(15(19)20)17-11(12)4/h9,17H,5-8H2,1-4H3,(H,16,18)(H,19,20). The highest BCUT2D eigenvalue weighted by Gasteiger charge is 2.21. The Balaban J connectivity index is 2.48. The van der Waals surface area contributed by atoms with Gasteiger partial charge in [0.15, 0.2) is 0 Å². The Labute approximate surface area is 124 Å². The van der Waals surface area contributed by atoms with Gasteiger partial charge in [-0.3, -0.25) is 4.79 Å². The molecular weight excluding hydrogens is 272 g/mol. The first kappa shape index (κ1) is 17.2. The maximum Gasteiger partial charge on any atom is 0.352 e. The van der Waals surface area contributed by atoms with Crippen LogP contribution in [0, 0.1) is 13.8 Å². The lowest BCUT2D eigenvalue weighted by Gasteiger charge is -2.08. The molecule has 0 unspecified atom stereocenters. The highest BCUT2D eigenvalue weighted by atomic mass is 16.5. The minimum atomic E-state index is -1.06. The molecule has 0 bridgehead atoms. The van der Waals surface area contributed by atoms with E-state index >= 15 is 0 Å². The van der Waals surface area contributed by atoms with Crippen molar-refractivity contribution in [2.45, 2.75) is 46.6 Å². The number of nitrogens with one attached hydrogen (secondary N) is 2. The van der Waals surface area contributed by atoms with Crippen LogP contribution in [0.25, 0.3) is 0 Å². The van der Waals surface area contributed by atoms with E-state index in [1.165, 1.54) is 0 Å². The Bertz CT molecular complexity index is 506. The number of hydrogen-bond acceptors (Lipinski definition) is 3. The summed E-state index contributed by atoms with van der Waals surface area (Å²) in [7, 11) is 0. The van der Waals surface area contributed by atoms with Crippen LogP contribution in [0.5, 0.6) is 0 Å². The summed E-state index contributed by atoms with van der Waals surface area (Å²) in [5.41, 5.74) is 1.54. The van der Waals surface area contributed by atoms with Crippen molar-refractivity contribution >= 4 is 11.9 Å². The third-order valence-corrected chi connectivity index (χ3v) is 3.19. The number of hydrogen-bond donors (Lipinski definition) is 3. The van der Waals surface area contributed by atoms with Gasteiger partial charge in [0.1, 0.15) is 5.69 Å². The Kier molecular flexibility index (Phi) is 6.42. The lowest BCUT2D eigenvalue weighted by molar-refractivity contribution is 0.0690. The quantitative estimate of drug-likeness (QED) is 0.642. The SMILES string of the molecule is Cc1[nH]c(C(=O)O)c(C)c1C(=O)NCCCCOC(C)C. The van der Waals surface area contributed by atoms with Crippen LogP contribution in [-0.4, -0.2) is 41.2 Å². The lowest BCUT2D eigenvalue weighted by Crippen LogP contribution is -2.25. The summed E-state index contributed by atoms with van der Waals surface area (Å²) in [6, 6.07) is 0. The molecule has 0 aliphatic heterocycles. The number of amides is 1. The van der Waals surface area contributed by atoms with E-state index in [0.717, 1.165) is 12.8 Å². The van der Waals surface area contributed by atoms with Gasteiger partial charge in [-0.15, -0.1) is 0 Å². The summed E-state index contributed by atoms with van der Waals surface area (Å²) >= 11 is 0. The van der Waals surface area contributed by atoms with Gasteiger partial charge in [0.25, 0.3) is 5.91 Å². The number of aromatic nitrogens is 1. The number of H-pyrrole nitrogens is 1. The maximum absolute atomic E-state index is 12.1. The molecule has 0 spiro atoms. The van der Waals surface area contributed by atoms with E-state index < -0.39 is 5.97 Å². The fourth-order valence-corrected chi connectivity index (χ4v) is 2.14. The van der Waals surface area contributed by atoms with Crippen molar-refractivity contribution in [3.8, 4) is 0 Å². The first-order valence-electron chi connectivity index (χ1n) is 7.16. The molecule has 1 aromatic heterocycles. The molecule has 0 aliphatic carbocycles. The molecule has 1 heterocycles. The third kappa shape index (κ3) is 4.90. The average Bonchev–Trinajstić information content (AvgIpc) is 2.68. The number of aryl methyl sites for hydroxylation is 1. The lowest BCUT2D eigenvalue weighted by atomic mass is 10.1. The van der Waals surface area contributed by atoms with Gasteiger partial charge in [0.05, 0.1) is 11.7 Å². The van der Waals surface area contributed by atoms with Gasteiger partial charge in [-0.2, -0.15) is 0 Å². The smallest absolute Gasteiger partial charge is 0.352 e. The number of ether oxygens (including phenoxy) is 1. The van der Waals surface area contributed by atoms with Crippen molar-refractivity contribution in [1.82, 2.24) is 10.3 Å². The van der Waals surface area contributed by atoms with Crippen molar-refractivity contribution in [1.29, 1.82) is 0 Å². The molecule has 0 atom stereocenters. The van der Waals surface area contributed by atoms with Crippen LogP contribution >= 0.6 is 0 Å². The van der Waals surface area contributed by atoms with E-state index in [1.54, 1.807) is 13.8 Å². The van der Waals surface area contributed by atoms with Crippen LogP contribution in [0.4, 0.5) is 0 Å². The molecule has 3 N–H and O–H groups in total. The molecule has 0 aliphatic rings. The Morgan fingerprint density at radius 2 is 1.95 bits per heavy atom. The minimum Gasteiger partial charge on any atom is -0.477 e. The van der Waals surface area contributed by atoms with Gasteiger partial charge < -0.3 is 20.1 Å². The van der Waals surface area contributed by atoms with Crippen molar-refractivity contribution in [3.63, 3.8) is 0 Å². The van der Waals surface area contributed by atoms with Crippen LogP contribution in [0.1, 0.15) is 58.8 Å². The summed E-state index contributed by atoms with van der Waals surface area (Å²) in [5, 5.41) is 11.8. The molecule has 6 heteroatoms. The molecule has 0 radical (unpaired) electrons. The van der Waals surface area contributed by atoms with Crippen molar-refractivity contribution in [3.05, 3.63) is 22.5 Å². The highest BCUT2D eigenvalue weighted by molar-refractivity contribution is 6.00. The van der Waals surface area contributed by atoms with Gasteiger partial charge in [0.2, 0.25) is 0 Å². The number of aromatic amines is 1. The maximum atomic E-state index is 12.1. The molecule has 118 valence electrons. The molecule has 21 heavy (non-hydrogen) atoms. The van der Waals surface area contributed by atoms with Gasteiger partial charge in [0, 0.05) is 18.8 Å². The van der Waals surface area contributed by atoms with Crippen LogP contribution in [-0.2, 0) is 4.74 Å². The predicted molar refractivity (Wildman–Crippen MR) is 79.9 cm³/mol. The number of rotatable bonds is 8. The topological polar surface area (TPSA) is 91.4 Å². The average molecular weight is 296 g/mol. The van der Waals surface area contributed by atoms with Crippen LogP contribution in [0.2, 0.25) is 0 Å². The van der Waals surface area contributed by atoms with Gasteiger partial charge in [-0.1, -0.05) is 0 Å². The van der Waals surface area contributed by atoms with E-state index in [-0.39, 0.29) is 17.7 Å². The zero-order valence-electron chi connectivity index (χ0n) is 13.1. The number of carbonyl (C=O) groups excluding carboxylic acids is 1. The summed E-state index contributed by atoms with van der Waals surface area (Å²) in [6.07, 6.45) is 1.93. The van der Waals surface area contributed by atoms with Crippen LogP contribution in [0.3, 0.4) is 0 Å². The van der Waals surface area contributed by atoms with Gasteiger partial charge in [-0.05, 0) is 46.1 Å². The van der Waals surface area contributed by atoms with E-state index in [1.807, 2.05) is 13.8 Å². The fraction of sp³-hybridized carbons (Fsp3) is 0.600. The summed E-state index contributed by atoms with van der Waals surface area (Å²) < 4.78 is 5.42. The number of aromatic carboxylic acids is 1. The largest absolute Gasteiger partial charge is 0.477 e. The van der Waals surface area contributed by atoms with Gasteiger partial charge in [-0.25, -0.2) is 4.79 Å². The summed E-state index contributed by atoms with van der Waals surface area (Å²) in [4.78, 5) is 25.9. The number of unbranched alkanes of at least 4 members (excludes halogenated alkanes) is 1. The summed E-state index contributed by atoms with van der Waals surface area (Å²) in [6.45, 7) is 8.54. The molecule has 0 fully saturated rings. The number of carbonyl (C=O) groups is 2. The van der Waals surface area contributed by atoms with Crippen molar-refractivity contribution in [2.24, 2.45) is 0 Å². The minimum absolute atomic E-state index is 0.0722. The van der Waals surface area contributed by atoms with Crippen LogP contribution < -0.4 is 5.32 Å². The number of carboxylic acid groups (broad SMARTS) is 1. The zero-order chi connectivity index (χ0) is 16.0. The van der Waals surface area contributed by atoms with Gasteiger partial charge >= 0.3 is 5.97 Å². The third-order valence-electron chi connectivity index (χ3n) is 3.19.